The molecule has 54 heavy (non-hydrogen) atoms. The van der Waals surface area contributed by atoms with Crippen LogP contribution in [0.2, 0.25) is 5.02 Å². The first-order valence-electron chi connectivity index (χ1n) is 17.7. The molecule has 1 aromatic heterocycles. The number of likely N-dealkylation sites (N-methyl/N-ethyl adjacent to an activating group) is 1. The van der Waals surface area contributed by atoms with Crippen LogP contribution in [-0.4, -0.2) is 86.2 Å². The van der Waals surface area contributed by atoms with Crippen molar-refractivity contribution in [2.75, 3.05) is 40.9 Å². The van der Waals surface area contributed by atoms with Gasteiger partial charge in [-0.3, -0.25) is 9.59 Å². The van der Waals surface area contributed by atoms with E-state index >= 15 is 0 Å². The number of aromatic nitrogens is 1. The summed E-state index contributed by atoms with van der Waals surface area (Å²) in [5, 5.41) is 18.6. The van der Waals surface area contributed by atoms with Gasteiger partial charge in [0.2, 0.25) is 17.7 Å². The maximum absolute atomic E-state index is 14.5. The number of nitrogens with zero attached hydrogens (tertiary/aromatic N) is 2. The molecule has 3 atom stereocenters. The molecule has 15 heteroatoms. The molecule has 3 heterocycles. The highest BCUT2D eigenvalue weighted by Gasteiger charge is 2.43. The number of alkyl halides is 3. The molecule has 11 nitrogen and oxygen atoms in total. The number of rotatable bonds is 15. The van der Waals surface area contributed by atoms with Crippen molar-refractivity contribution in [3.63, 3.8) is 0 Å². The highest BCUT2D eigenvalue weighted by molar-refractivity contribution is 6.36. The van der Waals surface area contributed by atoms with Crippen LogP contribution in [0.5, 0.6) is 5.88 Å². The van der Waals surface area contributed by atoms with Crippen LogP contribution in [0.1, 0.15) is 48.5 Å². The number of carbonyl (C=O) groups excluding carboxylic acids is 1. The monoisotopic (exact) mass is 769 g/mol. The lowest BCUT2D eigenvalue weighted by atomic mass is 9.94. The first-order chi connectivity index (χ1) is 25.9. The lowest BCUT2D eigenvalue weighted by Crippen LogP contribution is -2.43. The molecule has 2 aromatic carbocycles. The number of methoxy groups -OCH3 is 2. The van der Waals surface area contributed by atoms with Gasteiger partial charge in [0.1, 0.15) is 11.7 Å². The van der Waals surface area contributed by atoms with Crippen molar-refractivity contribution in [1.82, 2.24) is 25.8 Å². The molecule has 1 fully saturated rings. The molecule has 1 aliphatic carbocycles. The fourth-order valence-corrected chi connectivity index (χ4v) is 7.62. The second-order valence-corrected chi connectivity index (χ2v) is 13.8. The van der Waals surface area contributed by atoms with Gasteiger partial charge in [-0.2, -0.15) is 13.2 Å². The quantitative estimate of drug-likeness (QED) is 0.134. The number of hydrogen-bond donors (Lipinski definition) is 4. The maximum atomic E-state index is 14.5. The Kier molecular flexibility index (Phi) is 12.2. The summed E-state index contributed by atoms with van der Waals surface area (Å²) in [6.07, 6.45) is -3.08. The fraction of sp³-hybridized carbons (Fsp3) is 0.410. The van der Waals surface area contributed by atoms with Gasteiger partial charge >= 0.3 is 12.1 Å². The van der Waals surface area contributed by atoms with Gasteiger partial charge in [0, 0.05) is 69.5 Å². The number of hydrogen-bond acceptors (Lipinski definition) is 9. The standard InChI is InChI=1S/C39H43ClF3N5O6/c1-48-37(53-3)23(20-44-17-16-34(50)51)18-30(39(41,42)43)38(48)54-32-14-12-26-25(6-4-7-27(26)32)28-8-5-9-29(35(28)40)31-13-10-22(36(47-31)52-2)19-45-21-24-11-15-33(49)46-24/h4-10,13,18,24,32,37,44-45H,11-12,14-17,19-21H2,1-3H3,(H,46,49)(H,50,51)/t24-,32-,37?/m0/s1. The van der Waals surface area contributed by atoms with E-state index in [1.807, 2.05) is 48.5 Å². The number of pyridine rings is 1. The molecular formula is C39H43ClF3N5O6. The number of carboxylic acids is 1. The summed E-state index contributed by atoms with van der Waals surface area (Å²) < 4.78 is 61.1. The summed E-state index contributed by atoms with van der Waals surface area (Å²) in [4.78, 5) is 28.5. The molecular weight excluding hydrogens is 727 g/mol. The van der Waals surface area contributed by atoms with Gasteiger partial charge < -0.3 is 40.2 Å². The largest absolute Gasteiger partial charge is 0.481 e. The van der Waals surface area contributed by atoms with Gasteiger partial charge in [-0.1, -0.05) is 54.1 Å². The molecule has 4 N–H and O–H groups in total. The van der Waals surface area contributed by atoms with Crippen LogP contribution in [0, 0.1) is 0 Å². The van der Waals surface area contributed by atoms with Crippen molar-refractivity contribution >= 4 is 23.5 Å². The smallest absolute Gasteiger partial charge is 0.421 e. The minimum atomic E-state index is -4.73. The number of fused-ring (bicyclic) bond motifs is 1. The summed E-state index contributed by atoms with van der Waals surface area (Å²) >= 11 is 7.12. The molecule has 3 aromatic rings. The molecule has 1 amide bonds. The molecule has 0 bridgehead atoms. The molecule has 1 saturated heterocycles. The van der Waals surface area contributed by atoms with E-state index in [-0.39, 0.29) is 37.3 Å². The third kappa shape index (κ3) is 8.51. The lowest BCUT2D eigenvalue weighted by molar-refractivity contribution is -0.136. The molecule has 0 spiro atoms. The van der Waals surface area contributed by atoms with E-state index in [1.54, 1.807) is 7.11 Å². The summed E-state index contributed by atoms with van der Waals surface area (Å²) in [7, 11) is 4.44. The predicted molar refractivity (Wildman–Crippen MR) is 197 cm³/mol. The Labute approximate surface area is 316 Å². The zero-order valence-corrected chi connectivity index (χ0v) is 30.9. The topological polar surface area (TPSA) is 134 Å². The van der Waals surface area contributed by atoms with Crippen molar-refractivity contribution < 1.29 is 42.1 Å². The van der Waals surface area contributed by atoms with Crippen LogP contribution in [-0.2, 0) is 32.0 Å². The fourth-order valence-electron chi connectivity index (χ4n) is 7.29. The molecule has 1 unspecified atom stereocenters. The van der Waals surface area contributed by atoms with E-state index < -0.39 is 30.1 Å². The Morgan fingerprint density at radius 1 is 1.04 bits per heavy atom. The molecule has 0 radical (unpaired) electrons. The molecule has 3 aliphatic rings. The molecule has 288 valence electrons. The highest BCUT2D eigenvalue weighted by Crippen LogP contribution is 2.46. The van der Waals surface area contributed by atoms with Crippen LogP contribution >= 0.6 is 11.6 Å². The highest BCUT2D eigenvalue weighted by atomic mass is 35.5. The number of benzene rings is 2. The van der Waals surface area contributed by atoms with E-state index in [0.717, 1.165) is 40.3 Å². The maximum Gasteiger partial charge on any atom is 0.421 e. The van der Waals surface area contributed by atoms with Crippen LogP contribution in [0.3, 0.4) is 0 Å². The third-order valence-corrected chi connectivity index (χ3v) is 10.3. The first-order valence-corrected chi connectivity index (χ1v) is 18.1. The van der Waals surface area contributed by atoms with Crippen molar-refractivity contribution in [3.05, 3.63) is 93.3 Å². The lowest BCUT2D eigenvalue weighted by Gasteiger charge is -2.38. The number of aliphatic carboxylic acids is 1. The minimum absolute atomic E-state index is 0.00441. The summed E-state index contributed by atoms with van der Waals surface area (Å²) in [5.74, 6) is -0.846. The van der Waals surface area contributed by atoms with Gasteiger partial charge in [-0.15, -0.1) is 0 Å². The SMILES string of the molecule is COc1nc(-c2cccc(-c3cccc4c3CC[C@@H]4OC3=C(C(F)(F)F)C=C(CNCCC(=O)O)C(OC)N3C)c2Cl)ccc1CNC[C@@H]1CCC(=O)N1. The van der Waals surface area contributed by atoms with E-state index in [2.05, 4.69) is 16.0 Å². The second-order valence-electron chi connectivity index (χ2n) is 13.4. The predicted octanol–water partition coefficient (Wildman–Crippen LogP) is 6.13. The van der Waals surface area contributed by atoms with E-state index in [9.17, 15) is 22.8 Å². The number of carbonyl (C=O) groups is 2. The van der Waals surface area contributed by atoms with E-state index in [0.29, 0.717) is 60.1 Å². The number of carboxylic acid groups (broad SMARTS) is 1. The van der Waals surface area contributed by atoms with Gasteiger partial charge in [0.05, 0.1) is 24.2 Å². The van der Waals surface area contributed by atoms with Crippen LogP contribution in [0.4, 0.5) is 13.2 Å². The zero-order valence-electron chi connectivity index (χ0n) is 30.2. The Morgan fingerprint density at radius 3 is 2.50 bits per heavy atom. The average molecular weight is 770 g/mol. The Morgan fingerprint density at radius 2 is 1.80 bits per heavy atom. The third-order valence-electron chi connectivity index (χ3n) is 9.88. The summed E-state index contributed by atoms with van der Waals surface area (Å²) in [5.41, 5.74) is 4.82. The van der Waals surface area contributed by atoms with E-state index in [1.165, 1.54) is 19.1 Å². The Balaban J connectivity index is 1.24. The normalized spacial score (nSPS) is 19.8. The average Bonchev–Trinajstić information content (AvgIpc) is 3.76. The number of amides is 1. The van der Waals surface area contributed by atoms with Crippen LogP contribution in [0.25, 0.3) is 22.4 Å². The summed E-state index contributed by atoms with van der Waals surface area (Å²) in [6.45, 7) is 1.23. The Hall–Kier alpha value is -4.63. The summed E-state index contributed by atoms with van der Waals surface area (Å²) in [6, 6.07) is 15.3. The van der Waals surface area contributed by atoms with Gasteiger partial charge in [-0.25, -0.2) is 4.98 Å². The molecule has 6 rings (SSSR count). The zero-order chi connectivity index (χ0) is 38.6. The number of nitrogens with one attached hydrogen (secondary N) is 3. The van der Waals surface area contributed by atoms with Crippen LogP contribution < -0.4 is 20.7 Å². The van der Waals surface area contributed by atoms with Crippen molar-refractivity contribution in [1.29, 1.82) is 0 Å². The van der Waals surface area contributed by atoms with Crippen LogP contribution in [0.15, 0.2) is 71.6 Å². The molecule has 2 aliphatic heterocycles. The van der Waals surface area contributed by atoms with Crippen molar-refractivity contribution in [3.8, 4) is 28.3 Å². The number of ether oxygens (including phenoxy) is 3. The van der Waals surface area contributed by atoms with Crippen molar-refractivity contribution in [2.45, 2.75) is 63.2 Å². The molecule has 0 saturated carbocycles. The van der Waals surface area contributed by atoms with Gasteiger partial charge in [0.15, 0.2) is 6.23 Å². The number of allylic oxidation sites excluding steroid dienone is 2. The van der Waals surface area contributed by atoms with Crippen molar-refractivity contribution in [2.24, 2.45) is 0 Å². The first kappa shape index (κ1) is 39.1. The minimum Gasteiger partial charge on any atom is -0.481 e. The second kappa shape index (κ2) is 16.8. The van der Waals surface area contributed by atoms with E-state index in [4.69, 9.17) is 35.9 Å². The number of halogens is 4. The van der Waals surface area contributed by atoms with Gasteiger partial charge in [-0.05, 0) is 53.7 Å². The Bertz CT molecular complexity index is 1950. The van der Waals surface area contributed by atoms with Gasteiger partial charge in [0.25, 0.3) is 0 Å².